The Bertz CT molecular complexity index is 3210. The fourth-order valence-corrected chi connectivity index (χ4v) is 10.6. The number of aromatic nitrogens is 4. The molecule has 0 saturated carbocycles. The second-order valence-corrected chi connectivity index (χ2v) is 16.2. The molecule has 12 aromatic rings. The fourth-order valence-electron chi connectivity index (χ4n) is 8.42. The smallest absolute Gasteiger partial charge is 0.124 e. The van der Waals surface area contributed by atoms with Gasteiger partial charge in [-0.2, -0.15) is 0 Å². The molecule has 0 N–H and O–H groups in total. The highest BCUT2D eigenvalue weighted by atomic mass is 32.1. The van der Waals surface area contributed by atoms with Gasteiger partial charge in [-0.1, -0.05) is 121 Å². The first kappa shape index (κ1) is 31.5. The summed E-state index contributed by atoms with van der Waals surface area (Å²) in [4.78, 5) is 10.2. The molecule has 0 bridgehead atoms. The number of hydrogen-bond acceptors (Lipinski definition) is 4. The Kier molecular flexibility index (Phi) is 6.93. The molecule has 12 rings (SSSR count). The zero-order valence-corrected chi connectivity index (χ0v) is 31.6. The summed E-state index contributed by atoms with van der Waals surface area (Å²) in [5, 5.41) is 7.06. The molecule has 6 heteroatoms. The molecule has 0 aliphatic carbocycles. The number of fused-ring (bicyclic) bond motifs is 10. The zero-order valence-electron chi connectivity index (χ0n) is 29.9. The van der Waals surface area contributed by atoms with Gasteiger partial charge in [0.05, 0.1) is 42.5 Å². The summed E-state index contributed by atoms with van der Waals surface area (Å²) in [6.07, 6.45) is 0. The Morgan fingerprint density at radius 1 is 0.321 bits per heavy atom. The Hall–Kier alpha value is -6.86. The SMILES string of the molecule is c1ccc(-c2nc3ccc4c5ccccc5n(-c5ccc(-c6ccc(-n7c8ccccc8c8ccc9nc(-c%10ccccc%10)sc9c87)cc6)cc5)c4c3s2)cc1. The van der Waals surface area contributed by atoms with E-state index in [1.807, 2.05) is 0 Å². The van der Waals surface area contributed by atoms with Crippen molar-refractivity contribution in [1.29, 1.82) is 0 Å². The van der Waals surface area contributed by atoms with Crippen LogP contribution in [-0.2, 0) is 0 Å². The average molecular weight is 751 g/mol. The van der Waals surface area contributed by atoms with Crippen LogP contribution in [0, 0.1) is 0 Å². The minimum absolute atomic E-state index is 1.03. The highest BCUT2D eigenvalue weighted by Crippen LogP contribution is 2.43. The first-order valence-corrected chi connectivity index (χ1v) is 20.4. The number of thiazole rings is 2. The van der Waals surface area contributed by atoms with E-state index in [1.54, 1.807) is 22.7 Å². The molecule has 0 unspecified atom stereocenters. The predicted molar refractivity (Wildman–Crippen MR) is 238 cm³/mol. The number of nitrogens with zero attached hydrogens (tertiary/aromatic N) is 4. The number of para-hydroxylation sites is 2. The van der Waals surface area contributed by atoms with E-state index in [-0.39, 0.29) is 0 Å². The van der Waals surface area contributed by atoms with Gasteiger partial charge in [0.2, 0.25) is 0 Å². The van der Waals surface area contributed by atoms with Crippen molar-refractivity contribution in [3.05, 3.63) is 182 Å². The molecule has 0 saturated heterocycles. The van der Waals surface area contributed by atoms with Crippen molar-refractivity contribution < 1.29 is 0 Å². The van der Waals surface area contributed by atoms with Gasteiger partial charge in [-0.05, 0) is 71.8 Å². The van der Waals surface area contributed by atoms with Gasteiger partial charge >= 0.3 is 0 Å². The summed E-state index contributed by atoms with van der Waals surface area (Å²) in [5.74, 6) is 0. The maximum Gasteiger partial charge on any atom is 0.124 e. The van der Waals surface area contributed by atoms with Crippen LogP contribution >= 0.6 is 22.7 Å². The summed E-state index contributed by atoms with van der Waals surface area (Å²) in [6.45, 7) is 0. The van der Waals surface area contributed by atoms with Crippen LogP contribution in [0.3, 0.4) is 0 Å². The van der Waals surface area contributed by atoms with Crippen molar-refractivity contribution in [3.63, 3.8) is 0 Å². The summed E-state index contributed by atoms with van der Waals surface area (Å²) in [7, 11) is 0. The molecule has 4 aromatic heterocycles. The number of rotatable bonds is 5. The lowest BCUT2D eigenvalue weighted by Gasteiger charge is -2.11. The van der Waals surface area contributed by atoms with E-state index in [2.05, 4.69) is 191 Å². The molecule has 262 valence electrons. The minimum Gasteiger partial charge on any atom is -0.308 e. The van der Waals surface area contributed by atoms with E-state index in [4.69, 9.17) is 9.97 Å². The quantitative estimate of drug-likeness (QED) is 0.176. The second-order valence-electron chi connectivity index (χ2n) is 14.2. The topological polar surface area (TPSA) is 35.6 Å². The molecule has 0 spiro atoms. The van der Waals surface area contributed by atoms with E-state index in [1.165, 1.54) is 64.1 Å². The highest BCUT2D eigenvalue weighted by molar-refractivity contribution is 7.23. The van der Waals surface area contributed by atoms with E-state index in [9.17, 15) is 0 Å². The van der Waals surface area contributed by atoms with Crippen molar-refractivity contribution in [1.82, 2.24) is 19.1 Å². The van der Waals surface area contributed by atoms with Gasteiger partial charge in [0, 0.05) is 44.0 Å². The van der Waals surface area contributed by atoms with Crippen LogP contribution in [0.15, 0.2) is 182 Å². The van der Waals surface area contributed by atoms with Gasteiger partial charge in [0.25, 0.3) is 0 Å². The van der Waals surface area contributed by atoms with Crippen LogP contribution in [0.5, 0.6) is 0 Å². The lowest BCUT2D eigenvalue weighted by molar-refractivity contribution is 1.18. The number of hydrogen-bond donors (Lipinski definition) is 0. The van der Waals surface area contributed by atoms with Gasteiger partial charge in [-0.3, -0.25) is 0 Å². The van der Waals surface area contributed by atoms with Gasteiger partial charge in [-0.25, -0.2) is 9.97 Å². The van der Waals surface area contributed by atoms with Gasteiger partial charge in [0.15, 0.2) is 0 Å². The Morgan fingerprint density at radius 2 is 0.714 bits per heavy atom. The molecule has 0 radical (unpaired) electrons. The zero-order chi connectivity index (χ0) is 36.7. The largest absolute Gasteiger partial charge is 0.308 e. The summed E-state index contributed by atoms with van der Waals surface area (Å²) < 4.78 is 7.24. The third-order valence-corrected chi connectivity index (χ3v) is 13.3. The van der Waals surface area contributed by atoms with E-state index >= 15 is 0 Å². The van der Waals surface area contributed by atoms with E-state index in [0.717, 1.165) is 43.6 Å². The van der Waals surface area contributed by atoms with Crippen LogP contribution < -0.4 is 0 Å². The molecule has 0 aliphatic rings. The second kappa shape index (κ2) is 12.3. The fraction of sp³-hybridized carbons (Fsp3) is 0. The van der Waals surface area contributed by atoms with Gasteiger partial charge < -0.3 is 9.13 Å². The van der Waals surface area contributed by atoms with Crippen molar-refractivity contribution in [2.45, 2.75) is 0 Å². The van der Waals surface area contributed by atoms with Crippen LogP contribution in [0.2, 0.25) is 0 Å². The van der Waals surface area contributed by atoms with Crippen molar-refractivity contribution in [3.8, 4) is 43.6 Å². The number of benzene rings is 8. The third-order valence-electron chi connectivity index (χ3n) is 11.0. The molecular weight excluding hydrogens is 721 g/mol. The molecule has 8 aromatic carbocycles. The molecule has 0 aliphatic heterocycles. The minimum atomic E-state index is 1.03. The highest BCUT2D eigenvalue weighted by Gasteiger charge is 2.20. The third kappa shape index (κ3) is 4.76. The molecule has 0 amide bonds. The monoisotopic (exact) mass is 750 g/mol. The first-order valence-electron chi connectivity index (χ1n) is 18.7. The standard InChI is InChI=1S/C50H30N4S2/c1-3-11-33(12-4-1)49-51-41-29-27-39-37-15-7-9-17-43(37)53(45(39)47(41)55-49)35-23-19-31(20-24-35)32-21-25-36(26-22-32)54-44-18-10-8-16-38(44)40-28-30-42-48(46(40)54)56-50(52-42)34-13-5-2-6-14-34/h1-30H. The van der Waals surface area contributed by atoms with Crippen molar-refractivity contribution in [2.75, 3.05) is 0 Å². The normalized spacial score (nSPS) is 11.9. The van der Waals surface area contributed by atoms with Crippen LogP contribution in [-0.4, -0.2) is 19.1 Å². The van der Waals surface area contributed by atoms with E-state index < -0.39 is 0 Å². The predicted octanol–water partition coefficient (Wildman–Crippen LogP) is 14.1. The van der Waals surface area contributed by atoms with Gasteiger partial charge in [0.1, 0.15) is 10.0 Å². The van der Waals surface area contributed by atoms with Crippen LogP contribution in [0.25, 0.3) is 108 Å². The summed E-state index contributed by atoms with van der Waals surface area (Å²) in [5.41, 5.74) is 13.8. The lowest BCUT2D eigenvalue weighted by Crippen LogP contribution is -1.95. The lowest BCUT2D eigenvalue weighted by atomic mass is 10.0. The van der Waals surface area contributed by atoms with Crippen LogP contribution in [0.1, 0.15) is 0 Å². The average Bonchev–Trinajstić information content (AvgIpc) is 4.05. The maximum atomic E-state index is 5.08. The molecule has 4 nitrogen and oxygen atoms in total. The Morgan fingerprint density at radius 3 is 1.14 bits per heavy atom. The molecule has 0 fully saturated rings. The molecular formula is C50H30N4S2. The Balaban J connectivity index is 0.959. The molecule has 56 heavy (non-hydrogen) atoms. The first-order chi connectivity index (χ1) is 27.8. The van der Waals surface area contributed by atoms with E-state index in [0.29, 0.717) is 0 Å². The van der Waals surface area contributed by atoms with Crippen molar-refractivity contribution >= 4 is 86.7 Å². The summed E-state index contributed by atoms with van der Waals surface area (Å²) >= 11 is 3.54. The van der Waals surface area contributed by atoms with Crippen molar-refractivity contribution in [2.24, 2.45) is 0 Å². The van der Waals surface area contributed by atoms with Crippen LogP contribution in [0.4, 0.5) is 0 Å². The Labute approximate surface area is 329 Å². The maximum absolute atomic E-state index is 5.08. The van der Waals surface area contributed by atoms with Gasteiger partial charge in [-0.15, -0.1) is 22.7 Å². The molecule has 4 heterocycles. The summed E-state index contributed by atoms with van der Waals surface area (Å²) in [6, 6.07) is 65.2. The molecule has 0 atom stereocenters.